The number of ether oxygens (including phenoxy) is 1. The first-order valence-electron chi connectivity index (χ1n) is 18.0. The second-order valence-corrected chi connectivity index (χ2v) is 14.0. The van der Waals surface area contributed by atoms with Crippen molar-refractivity contribution in [2.24, 2.45) is 23.7 Å². The predicted molar refractivity (Wildman–Crippen MR) is 180 cm³/mol. The van der Waals surface area contributed by atoms with Gasteiger partial charge in [-0.05, 0) is 48.6 Å². The monoisotopic (exact) mass is 728 g/mol. The molecule has 1 aliphatic heterocycles. The second-order valence-electron chi connectivity index (χ2n) is 14.0. The van der Waals surface area contributed by atoms with Crippen LogP contribution in [0.1, 0.15) is 101 Å². The van der Waals surface area contributed by atoms with Crippen LogP contribution in [0, 0.1) is 35.3 Å². The van der Waals surface area contributed by atoms with Crippen LogP contribution in [0.15, 0.2) is 12.1 Å². The zero-order valence-electron chi connectivity index (χ0n) is 29.8. The van der Waals surface area contributed by atoms with Gasteiger partial charge in [-0.15, -0.1) is 0 Å². The molecule has 1 saturated carbocycles. The molecule has 0 bridgehead atoms. The molecule has 1 aromatic carbocycles. The number of halogens is 4. The summed E-state index contributed by atoms with van der Waals surface area (Å²) in [5.74, 6) is -6.20. The van der Waals surface area contributed by atoms with E-state index in [1.54, 1.807) is 13.8 Å². The third kappa shape index (κ3) is 11.8. The normalized spacial score (nSPS) is 19.2. The van der Waals surface area contributed by atoms with Crippen LogP contribution in [0.3, 0.4) is 0 Å². The molecule has 1 saturated heterocycles. The van der Waals surface area contributed by atoms with Gasteiger partial charge in [-0.2, -0.15) is 0 Å². The number of nitrogens with zero attached hydrogens (tertiary/aromatic N) is 1. The van der Waals surface area contributed by atoms with E-state index >= 15 is 0 Å². The van der Waals surface area contributed by atoms with Crippen LogP contribution in [-0.4, -0.2) is 84.0 Å². The molecule has 0 unspecified atom stereocenters. The Morgan fingerprint density at radius 1 is 0.961 bits per heavy atom. The summed E-state index contributed by atoms with van der Waals surface area (Å²) < 4.78 is 61.5. The van der Waals surface area contributed by atoms with Crippen LogP contribution in [0.25, 0.3) is 0 Å². The summed E-state index contributed by atoms with van der Waals surface area (Å²) in [4.78, 5) is 66.2. The van der Waals surface area contributed by atoms with Crippen LogP contribution in [0.4, 0.5) is 22.4 Å². The second kappa shape index (κ2) is 19.6. The molecule has 1 heterocycles. The summed E-state index contributed by atoms with van der Waals surface area (Å²) >= 11 is 0. The Labute approximate surface area is 296 Å². The van der Waals surface area contributed by atoms with Gasteiger partial charge in [0.2, 0.25) is 24.1 Å². The van der Waals surface area contributed by atoms with Crippen molar-refractivity contribution >= 4 is 29.8 Å². The predicted octanol–water partition coefficient (Wildman–Crippen LogP) is 5.45. The zero-order chi connectivity index (χ0) is 37.8. The first-order chi connectivity index (χ1) is 24.2. The SMILES string of the molecule is CCC(CC)COC(=O)N[C@H](C(=O)N1C[C@H](C2CCCCC2)C[C@H]1C(=O)N[C@@H](CC(F)F)C(=O)NCCc1c(F)cc(C(=O)O)cc1F)C(C)C. The van der Waals surface area contributed by atoms with E-state index in [4.69, 9.17) is 9.84 Å². The van der Waals surface area contributed by atoms with E-state index in [0.717, 1.165) is 44.9 Å². The van der Waals surface area contributed by atoms with Crippen molar-refractivity contribution in [2.45, 2.75) is 116 Å². The number of carboxylic acid groups (broad SMARTS) is 1. The Kier molecular flexibility index (Phi) is 16.0. The Morgan fingerprint density at radius 3 is 2.14 bits per heavy atom. The quantitative estimate of drug-likeness (QED) is 0.156. The van der Waals surface area contributed by atoms with Gasteiger partial charge in [-0.3, -0.25) is 14.4 Å². The average molecular weight is 729 g/mol. The van der Waals surface area contributed by atoms with E-state index < -0.39 is 96.5 Å². The Morgan fingerprint density at radius 2 is 1.59 bits per heavy atom. The minimum atomic E-state index is -3.00. The molecule has 2 aliphatic rings. The minimum absolute atomic E-state index is 0.0562. The van der Waals surface area contributed by atoms with Crippen LogP contribution in [0.2, 0.25) is 0 Å². The van der Waals surface area contributed by atoms with E-state index in [0.29, 0.717) is 12.1 Å². The molecule has 4 N–H and O–H groups in total. The van der Waals surface area contributed by atoms with Crippen molar-refractivity contribution < 1.29 is 51.4 Å². The number of carbonyl (C=O) groups is 5. The van der Waals surface area contributed by atoms with Crippen LogP contribution >= 0.6 is 0 Å². The van der Waals surface area contributed by atoms with Gasteiger partial charge in [0.15, 0.2) is 0 Å². The van der Waals surface area contributed by atoms with E-state index in [9.17, 15) is 41.5 Å². The highest BCUT2D eigenvalue weighted by Gasteiger charge is 2.45. The molecule has 3 rings (SSSR count). The molecule has 0 aromatic heterocycles. The maximum atomic E-state index is 14.4. The Balaban J connectivity index is 1.76. The van der Waals surface area contributed by atoms with E-state index in [-0.39, 0.29) is 43.2 Å². The number of hydrogen-bond acceptors (Lipinski definition) is 6. The maximum Gasteiger partial charge on any atom is 0.407 e. The lowest BCUT2D eigenvalue weighted by Crippen LogP contribution is -2.57. The molecule has 0 spiro atoms. The lowest BCUT2D eigenvalue weighted by Gasteiger charge is -2.31. The molecule has 4 atom stereocenters. The molecule has 4 amide bonds. The summed E-state index contributed by atoms with van der Waals surface area (Å²) in [6.07, 6.45) is 1.59. The van der Waals surface area contributed by atoms with Crippen molar-refractivity contribution in [3.05, 3.63) is 34.9 Å². The lowest BCUT2D eigenvalue weighted by molar-refractivity contribution is -0.141. The standard InChI is InChI=1S/C36H52F4N4O7/c1-5-21(6-2)19-51-36(50)43-31(20(3)4)34(47)44-18-24(22-10-8-7-9-11-22)16-29(44)33(46)42-28(17-30(39)40)32(45)41-13-12-25-26(37)14-23(35(48)49)15-27(25)38/h14-15,20-22,24,28-31H,5-13,16-19H2,1-4H3,(H,41,45)(H,42,46)(H,43,50)(H,48,49)/t24-,28+,29+,31+/m1/s1. The average Bonchev–Trinajstić information content (AvgIpc) is 3.54. The van der Waals surface area contributed by atoms with Gasteiger partial charge in [0, 0.05) is 25.1 Å². The molecular weight excluding hydrogens is 676 g/mol. The van der Waals surface area contributed by atoms with E-state index in [2.05, 4.69) is 16.0 Å². The molecule has 286 valence electrons. The van der Waals surface area contributed by atoms with Gasteiger partial charge in [0.25, 0.3) is 0 Å². The number of nitrogens with one attached hydrogen (secondary N) is 3. The smallest absolute Gasteiger partial charge is 0.407 e. The summed E-state index contributed by atoms with van der Waals surface area (Å²) in [7, 11) is 0. The summed E-state index contributed by atoms with van der Waals surface area (Å²) in [6.45, 7) is 7.47. The summed E-state index contributed by atoms with van der Waals surface area (Å²) in [5.41, 5.74) is -1.11. The summed E-state index contributed by atoms with van der Waals surface area (Å²) in [6, 6.07) is -2.60. The van der Waals surface area contributed by atoms with Crippen LogP contribution < -0.4 is 16.0 Å². The molecular formula is C36H52F4N4O7. The van der Waals surface area contributed by atoms with Crippen molar-refractivity contribution in [1.29, 1.82) is 0 Å². The van der Waals surface area contributed by atoms with Crippen LogP contribution in [-0.2, 0) is 25.5 Å². The van der Waals surface area contributed by atoms with Crippen molar-refractivity contribution in [1.82, 2.24) is 20.9 Å². The molecule has 1 aliphatic carbocycles. The summed E-state index contributed by atoms with van der Waals surface area (Å²) in [5, 5.41) is 16.4. The van der Waals surface area contributed by atoms with Gasteiger partial charge >= 0.3 is 12.1 Å². The fourth-order valence-electron chi connectivity index (χ4n) is 6.96. The number of carboxylic acids is 1. The Bertz CT molecular complexity index is 1350. The molecule has 11 nitrogen and oxygen atoms in total. The number of aromatic carboxylic acids is 1. The van der Waals surface area contributed by atoms with Gasteiger partial charge in [-0.25, -0.2) is 27.2 Å². The van der Waals surface area contributed by atoms with Gasteiger partial charge in [0.1, 0.15) is 29.8 Å². The van der Waals surface area contributed by atoms with Gasteiger partial charge in [-0.1, -0.05) is 72.6 Å². The fraction of sp³-hybridized carbons (Fsp3) is 0.694. The van der Waals surface area contributed by atoms with E-state index in [1.165, 1.54) is 4.90 Å². The first-order valence-corrected chi connectivity index (χ1v) is 18.0. The first kappa shape index (κ1) is 41.5. The van der Waals surface area contributed by atoms with Gasteiger partial charge in [0.05, 0.1) is 12.2 Å². The van der Waals surface area contributed by atoms with Crippen molar-refractivity contribution in [2.75, 3.05) is 19.7 Å². The third-order valence-electron chi connectivity index (χ3n) is 10.2. The number of alkyl halides is 2. The van der Waals surface area contributed by atoms with Crippen LogP contribution in [0.5, 0.6) is 0 Å². The van der Waals surface area contributed by atoms with E-state index in [1.807, 2.05) is 13.8 Å². The maximum absolute atomic E-state index is 14.4. The molecule has 15 heteroatoms. The molecule has 2 fully saturated rings. The highest BCUT2D eigenvalue weighted by molar-refractivity contribution is 5.94. The zero-order valence-corrected chi connectivity index (χ0v) is 29.8. The number of carbonyl (C=O) groups excluding carboxylic acids is 4. The number of rotatable bonds is 17. The number of amides is 4. The number of alkyl carbamates (subject to hydrolysis) is 1. The van der Waals surface area contributed by atoms with Crippen molar-refractivity contribution in [3.63, 3.8) is 0 Å². The van der Waals surface area contributed by atoms with Crippen molar-refractivity contribution in [3.8, 4) is 0 Å². The molecule has 0 radical (unpaired) electrons. The number of likely N-dealkylation sites (tertiary alicyclic amines) is 1. The lowest BCUT2D eigenvalue weighted by atomic mass is 9.79. The minimum Gasteiger partial charge on any atom is -0.478 e. The number of benzene rings is 1. The largest absolute Gasteiger partial charge is 0.478 e. The highest BCUT2D eigenvalue weighted by atomic mass is 19.3. The third-order valence-corrected chi connectivity index (χ3v) is 10.2. The molecule has 51 heavy (non-hydrogen) atoms. The van der Waals surface area contributed by atoms with Gasteiger partial charge < -0.3 is 30.7 Å². The fourth-order valence-corrected chi connectivity index (χ4v) is 6.96. The highest BCUT2D eigenvalue weighted by Crippen LogP contribution is 2.38. The molecule has 1 aromatic rings. The topological polar surface area (TPSA) is 154 Å². The Hall–Kier alpha value is -3.91. The number of hydrogen-bond donors (Lipinski definition) is 4.